The average molecular weight is 314 g/mol. The van der Waals surface area contributed by atoms with Crippen molar-refractivity contribution >= 4 is 16.9 Å². The minimum Gasteiger partial charge on any atom is -0.477 e. The summed E-state index contributed by atoms with van der Waals surface area (Å²) in [6.07, 6.45) is 3.73. The van der Waals surface area contributed by atoms with Crippen molar-refractivity contribution in [3.8, 4) is 0 Å². The van der Waals surface area contributed by atoms with Gasteiger partial charge in [0.05, 0.1) is 0 Å². The maximum Gasteiger partial charge on any atom is 0.352 e. The lowest BCUT2D eigenvalue weighted by Gasteiger charge is -2.34. The van der Waals surface area contributed by atoms with E-state index in [0.717, 1.165) is 27.9 Å². The van der Waals surface area contributed by atoms with Crippen molar-refractivity contribution in [2.45, 2.75) is 52.6 Å². The molecule has 1 aliphatic carbocycles. The maximum absolute atomic E-state index is 11.6. The third kappa shape index (κ3) is 3.13. The molecular formula is C19H26N2O2. The van der Waals surface area contributed by atoms with Gasteiger partial charge in [-0.25, -0.2) is 4.79 Å². The lowest BCUT2D eigenvalue weighted by Crippen LogP contribution is -2.40. The fourth-order valence-corrected chi connectivity index (χ4v) is 3.84. The van der Waals surface area contributed by atoms with Crippen LogP contribution in [-0.4, -0.2) is 22.1 Å². The highest BCUT2D eigenvalue weighted by molar-refractivity contribution is 5.97. The van der Waals surface area contributed by atoms with Crippen molar-refractivity contribution in [1.29, 1.82) is 0 Å². The number of aryl methyl sites for hydroxylation is 1. The average Bonchev–Trinajstić information content (AvgIpc) is 2.86. The van der Waals surface area contributed by atoms with Gasteiger partial charge in [0.2, 0.25) is 0 Å². The van der Waals surface area contributed by atoms with Crippen molar-refractivity contribution in [3.05, 3.63) is 35.0 Å². The molecule has 0 spiro atoms. The van der Waals surface area contributed by atoms with Crippen molar-refractivity contribution in [2.24, 2.45) is 11.8 Å². The van der Waals surface area contributed by atoms with E-state index in [2.05, 4.69) is 24.1 Å². The summed E-state index contributed by atoms with van der Waals surface area (Å²) in [4.78, 5) is 14.7. The zero-order valence-electron chi connectivity index (χ0n) is 14.1. The Morgan fingerprint density at radius 1 is 1.35 bits per heavy atom. The SMILES string of the molecule is Cc1ccc2c(CN[C@@H]3CCC[C@H](C)[C@@H]3C)c(C(=O)O)[nH]c2c1. The Labute approximate surface area is 137 Å². The number of aromatic amines is 1. The van der Waals surface area contributed by atoms with E-state index in [1.165, 1.54) is 19.3 Å². The Kier molecular flexibility index (Phi) is 4.44. The van der Waals surface area contributed by atoms with E-state index in [9.17, 15) is 9.90 Å². The summed E-state index contributed by atoms with van der Waals surface area (Å²) in [5.41, 5.74) is 3.22. The first kappa shape index (κ1) is 16.1. The molecule has 1 saturated carbocycles. The van der Waals surface area contributed by atoms with E-state index in [4.69, 9.17) is 0 Å². The van der Waals surface area contributed by atoms with Crippen molar-refractivity contribution in [3.63, 3.8) is 0 Å². The summed E-state index contributed by atoms with van der Waals surface area (Å²) in [6, 6.07) is 6.54. The highest BCUT2D eigenvalue weighted by Crippen LogP contribution is 2.30. The highest BCUT2D eigenvalue weighted by atomic mass is 16.4. The Bertz CT molecular complexity index is 719. The molecule has 3 N–H and O–H groups in total. The molecule has 23 heavy (non-hydrogen) atoms. The second-order valence-corrected chi connectivity index (χ2v) is 7.09. The first-order valence-electron chi connectivity index (χ1n) is 8.55. The van der Waals surface area contributed by atoms with Gasteiger partial charge < -0.3 is 15.4 Å². The zero-order chi connectivity index (χ0) is 16.6. The Morgan fingerprint density at radius 3 is 2.87 bits per heavy atom. The highest BCUT2D eigenvalue weighted by Gasteiger charge is 2.27. The van der Waals surface area contributed by atoms with Crippen LogP contribution < -0.4 is 5.32 Å². The molecule has 2 aromatic rings. The number of hydrogen-bond acceptors (Lipinski definition) is 2. The van der Waals surface area contributed by atoms with Crippen molar-refractivity contribution in [2.75, 3.05) is 0 Å². The van der Waals surface area contributed by atoms with Gasteiger partial charge in [-0.15, -0.1) is 0 Å². The first-order chi connectivity index (χ1) is 11.0. The molecule has 0 radical (unpaired) electrons. The molecule has 0 amide bonds. The molecule has 4 nitrogen and oxygen atoms in total. The van der Waals surface area contributed by atoms with Gasteiger partial charge in [-0.3, -0.25) is 0 Å². The molecule has 3 rings (SSSR count). The fourth-order valence-electron chi connectivity index (χ4n) is 3.84. The van der Waals surface area contributed by atoms with Gasteiger partial charge in [-0.05, 0) is 36.8 Å². The smallest absolute Gasteiger partial charge is 0.352 e. The fraction of sp³-hybridized carbons (Fsp3) is 0.526. The molecule has 4 heteroatoms. The first-order valence-corrected chi connectivity index (χ1v) is 8.55. The number of nitrogens with one attached hydrogen (secondary N) is 2. The van der Waals surface area contributed by atoms with E-state index >= 15 is 0 Å². The monoisotopic (exact) mass is 314 g/mol. The quantitative estimate of drug-likeness (QED) is 0.796. The summed E-state index contributed by atoms with van der Waals surface area (Å²) < 4.78 is 0. The number of carbonyl (C=O) groups is 1. The molecule has 1 heterocycles. The zero-order valence-corrected chi connectivity index (χ0v) is 14.1. The summed E-state index contributed by atoms with van der Waals surface area (Å²) in [5, 5.41) is 14.1. The number of rotatable bonds is 4. The Morgan fingerprint density at radius 2 is 2.13 bits per heavy atom. The van der Waals surface area contributed by atoms with E-state index in [0.29, 0.717) is 24.2 Å². The number of aromatic carboxylic acids is 1. The normalized spacial score (nSPS) is 24.9. The van der Waals surface area contributed by atoms with Gasteiger partial charge in [0.1, 0.15) is 5.69 Å². The Balaban J connectivity index is 1.86. The summed E-state index contributed by atoms with van der Waals surface area (Å²) in [7, 11) is 0. The largest absolute Gasteiger partial charge is 0.477 e. The molecular weight excluding hydrogens is 288 g/mol. The molecule has 124 valence electrons. The predicted molar refractivity (Wildman–Crippen MR) is 92.8 cm³/mol. The second kappa shape index (κ2) is 6.36. The number of carboxylic acids is 1. The van der Waals surface area contributed by atoms with E-state index < -0.39 is 5.97 Å². The maximum atomic E-state index is 11.6. The van der Waals surface area contributed by atoms with Gasteiger partial charge in [-0.1, -0.05) is 38.8 Å². The van der Waals surface area contributed by atoms with Gasteiger partial charge >= 0.3 is 5.97 Å². The third-order valence-corrected chi connectivity index (χ3v) is 5.52. The van der Waals surface area contributed by atoms with Crippen LogP contribution in [0.25, 0.3) is 10.9 Å². The van der Waals surface area contributed by atoms with E-state index in [1.807, 2.05) is 25.1 Å². The summed E-state index contributed by atoms with van der Waals surface area (Å²) >= 11 is 0. The Hall–Kier alpha value is -1.81. The number of benzene rings is 1. The number of H-pyrrole nitrogens is 1. The van der Waals surface area contributed by atoms with E-state index in [-0.39, 0.29) is 0 Å². The lowest BCUT2D eigenvalue weighted by atomic mass is 9.78. The van der Waals surface area contributed by atoms with Gasteiger partial charge in [0.25, 0.3) is 0 Å². The summed E-state index contributed by atoms with van der Waals surface area (Å²) in [5.74, 6) is 0.469. The molecule has 1 aliphatic rings. The standard InChI is InChI=1S/C19H26N2O2/c1-11-7-8-14-15(18(19(22)23)21-17(14)9-11)10-20-16-6-4-5-12(2)13(16)3/h7-9,12-13,16,20-21H,4-6,10H2,1-3H3,(H,22,23)/t12-,13-,16+/m0/s1. The minimum atomic E-state index is -0.888. The van der Waals surface area contributed by atoms with E-state index in [1.54, 1.807) is 0 Å². The van der Waals surface area contributed by atoms with Crippen LogP contribution in [0.5, 0.6) is 0 Å². The van der Waals surface area contributed by atoms with Crippen LogP contribution in [0.1, 0.15) is 54.7 Å². The van der Waals surface area contributed by atoms with Crippen LogP contribution >= 0.6 is 0 Å². The third-order valence-electron chi connectivity index (χ3n) is 5.52. The minimum absolute atomic E-state index is 0.314. The number of aromatic nitrogens is 1. The summed E-state index contributed by atoms with van der Waals surface area (Å²) in [6.45, 7) is 7.24. The molecule has 3 atom stereocenters. The van der Waals surface area contributed by atoms with Gasteiger partial charge in [0.15, 0.2) is 0 Å². The molecule has 0 aliphatic heterocycles. The molecule has 0 unspecified atom stereocenters. The van der Waals surface area contributed by atoms with Crippen LogP contribution in [0.4, 0.5) is 0 Å². The molecule has 1 aromatic carbocycles. The molecule has 1 fully saturated rings. The van der Waals surface area contributed by atoms with Crippen LogP contribution in [0.3, 0.4) is 0 Å². The van der Waals surface area contributed by atoms with Crippen molar-refractivity contribution < 1.29 is 9.90 Å². The number of carboxylic acid groups (broad SMARTS) is 1. The van der Waals surface area contributed by atoms with Crippen LogP contribution in [0.15, 0.2) is 18.2 Å². The van der Waals surface area contributed by atoms with Crippen LogP contribution in [0.2, 0.25) is 0 Å². The molecule has 0 saturated heterocycles. The molecule has 1 aromatic heterocycles. The number of hydrogen-bond donors (Lipinski definition) is 3. The molecule has 0 bridgehead atoms. The predicted octanol–water partition coefficient (Wildman–Crippen LogP) is 4.09. The van der Waals surface area contributed by atoms with Crippen LogP contribution in [-0.2, 0) is 6.54 Å². The van der Waals surface area contributed by atoms with Crippen molar-refractivity contribution in [1.82, 2.24) is 10.3 Å². The van der Waals surface area contributed by atoms with Gasteiger partial charge in [-0.2, -0.15) is 0 Å². The van der Waals surface area contributed by atoms with Gasteiger partial charge in [0, 0.05) is 29.1 Å². The second-order valence-electron chi connectivity index (χ2n) is 7.09. The number of fused-ring (bicyclic) bond motifs is 1. The topological polar surface area (TPSA) is 65.1 Å². The lowest BCUT2D eigenvalue weighted by molar-refractivity contribution is 0.0690. The van der Waals surface area contributed by atoms with Crippen LogP contribution in [0, 0.1) is 18.8 Å².